The number of fused-ring (bicyclic) bond motifs is 8. The molecule has 0 bridgehead atoms. The molecule has 55 heavy (non-hydrogen) atoms. The smallest absolute Gasteiger partial charge is 0.238 e. The zero-order valence-electron chi connectivity index (χ0n) is 30.2. The lowest BCUT2D eigenvalue weighted by atomic mass is 9.81. The fourth-order valence-corrected chi connectivity index (χ4v) is 8.41. The Morgan fingerprint density at radius 2 is 1.02 bits per heavy atom. The van der Waals surface area contributed by atoms with E-state index < -0.39 is 0 Å². The van der Waals surface area contributed by atoms with Crippen LogP contribution < -0.4 is 0 Å². The number of benzene rings is 7. The summed E-state index contributed by atoms with van der Waals surface area (Å²) in [4.78, 5) is 20.5. The fraction of sp³-hybridized carbons (Fsp3) is 0.0612. The summed E-state index contributed by atoms with van der Waals surface area (Å²) in [5, 5.41) is 2.31. The molecule has 11 rings (SSSR count). The number of hydrogen-bond acceptors (Lipinski definition) is 5. The lowest BCUT2D eigenvalue weighted by Crippen LogP contribution is -2.15. The van der Waals surface area contributed by atoms with E-state index in [1.54, 1.807) is 0 Å². The van der Waals surface area contributed by atoms with Crippen molar-refractivity contribution in [3.63, 3.8) is 0 Å². The van der Waals surface area contributed by atoms with Crippen LogP contribution in [0.5, 0.6) is 0 Å². The van der Waals surface area contributed by atoms with Crippen LogP contribution in [0.3, 0.4) is 0 Å². The van der Waals surface area contributed by atoms with Crippen LogP contribution in [0, 0.1) is 0 Å². The zero-order chi connectivity index (χ0) is 36.7. The van der Waals surface area contributed by atoms with Gasteiger partial charge in [-0.1, -0.05) is 141 Å². The molecule has 7 aromatic carbocycles. The molecule has 0 radical (unpaired) electrons. The molecular weight excluding hydrogens is 675 g/mol. The van der Waals surface area contributed by atoms with Gasteiger partial charge in [0, 0.05) is 38.4 Å². The third-order valence-corrected chi connectivity index (χ3v) is 11.1. The number of hydrogen-bond donors (Lipinski definition) is 0. The van der Waals surface area contributed by atoms with Gasteiger partial charge in [0.1, 0.15) is 5.52 Å². The Morgan fingerprint density at radius 3 is 1.71 bits per heavy atom. The molecule has 260 valence electrons. The van der Waals surface area contributed by atoms with Crippen LogP contribution in [0.15, 0.2) is 168 Å². The second-order valence-electron chi connectivity index (χ2n) is 14.7. The molecule has 1 aliphatic rings. The fourth-order valence-electron chi connectivity index (χ4n) is 8.41. The SMILES string of the molecule is CC1(C)c2cc(-c3nc(-c4ccc(-c5ccccc5)cc4)nc(-n4c5ccccc5c5ccccc54)n3)ccc2-c2ccc3nc(-c4ccccc4)oc3c21. The maximum Gasteiger partial charge on any atom is 0.238 e. The summed E-state index contributed by atoms with van der Waals surface area (Å²) in [5.41, 5.74) is 13.2. The first-order valence-corrected chi connectivity index (χ1v) is 18.6. The van der Waals surface area contributed by atoms with E-state index in [2.05, 4.69) is 146 Å². The van der Waals surface area contributed by atoms with Gasteiger partial charge in [0.15, 0.2) is 17.2 Å². The van der Waals surface area contributed by atoms with E-state index in [-0.39, 0.29) is 5.41 Å². The Kier molecular flexibility index (Phi) is 6.79. The van der Waals surface area contributed by atoms with Gasteiger partial charge in [0.25, 0.3) is 0 Å². The summed E-state index contributed by atoms with van der Waals surface area (Å²) >= 11 is 0. The molecule has 0 N–H and O–H groups in total. The molecule has 0 unspecified atom stereocenters. The van der Waals surface area contributed by atoms with Gasteiger partial charge in [-0.3, -0.25) is 4.57 Å². The van der Waals surface area contributed by atoms with E-state index in [9.17, 15) is 0 Å². The third kappa shape index (κ3) is 4.88. The molecule has 0 amide bonds. The van der Waals surface area contributed by atoms with Crippen LogP contribution in [0.4, 0.5) is 0 Å². The summed E-state index contributed by atoms with van der Waals surface area (Å²) in [6.45, 7) is 4.53. The molecule has 0 fully saturated rings. The minimum Gasteiger partial charge on any atom is -0.436 e. The third-order valence-electron chi connectivity index (χ3n) is 11.1. The number of aromatic nitrogens is 5. The van der Waals surface area contributed by atoms with Gasteiger partial charge in [-0.15, -0.1) is 0 Å². The predicted molar refractivity (Wildman–Crippen MR) is 221 cm³/mol. The van der Waals surface area contributed by atoms with Crippen LogP contribution >= 0.6 is 0 Å². The molecule has 0 saturated heterocycles. The average molecular weight is 708 g/mol. The highest BCUT2D eigenvalue weighted by Gasteiger charge is 2.39. The van der Waals surface area contributed by atoms with Crippen molar-refractivity contribution in [2.75, 3.05) is 0 Å². The summed E-state index contributed by atoms with van der Waals surface area (Å²) in [6, 6.07) is 56.7. The van der Waals surface area contributed by atoms with Gasteiger partial charge in [-0.05, 0) is 64.2 Å². The van der Waals surface area contributed by atoms with Gasteiger partial charge in [0.2, 0.25) is 11.8 Å². The van der Waals surface area contributed by atoms with Crippen LogP contribution in [0.1, 0.15) is 25.0 Å². The maximum absolute atomic E-state index is 6.56. The average Bonchev–Trinajstić information content (AvgIpc) is 3.90. The van der Waals surface area contributed by atoms with Crippen LogP contribution in [-0.4, -0.2) is 24.5 Å². The zero-order valence-corrected chi connectivity index (χ0v) is 30.2. The molecule has 3 heterocycles. The highest BCUT2D eigenvalue weighted by Crippen LogP contribution is 2.52. The van der Waals surface area contributed by atoms with Crippen molar-refractivity contribution in [3.8, 4) is 62.4 Å². The molecule has 6 nitrogen and oxygen atoms in total. The lowest BCUT2D eigenvalue weighted by molar-refractivity contribution is 0.593. The quantitative estimate of drug-likeness (QED) is 0.178. The largest absolute Gasteiger partial charge is 0.436 e. The number of rotatable bonds is 5. The molecule has 10 aromatic rings. The van der Waals surface area contributed by atoms with E-state index in [1.165, 1.54) is 11.1 Å². The Hall–Kier alpha value is -7.18. The molecular formula is C49H33N5O. The van der Waals surface area contributed by atoms with Crippen molar-refractivity contribution in [2.45, 2.75) is 19.3 Å². The van der Waals surface area contributed by atoms with Crippen LogP contribution in [0.25, 0.3) is 95.3 Å². The van der Waals surface area contributed by atoms with E-state index >= 15 is 0 Å². The Labute approximate surface area is 317 Å². The van der Waals surface area contributed by atoms with Gasteiger partial charge in [0.05, 0.1) is 11.0 Å². The molecule has 1 aliphatic carbocycles. The van der Waals surface area contributed by atoms with Gasteiger partial charge in [-0.25, -0.2) is 9.97 Å². The van der Waals surface area contributed by atoms with Crippen LogP contribution in [0.2, 0.25) is 0 Å². The number of para-hydroxylation sites is 2. The van der Waals surface area contributed by atoms with E-state index in [1.807, 2.05) is 36.4 Å². The minimum absolute atomic E-state index is 0.369. The van der Waals surface area contributed by atoms with E-state index in [0.717, 1.165) is 71.8 Å². The first kappa shape index (κ1) is 31.4. The van der Waals surface area contributed by atoms with Gasteiger partial charge >= 0.3 is 0 Å². The first-order chi connectivity index (χ1) is 27.0. The van der Waals surface area contributed by atoms with E-state index in [4.69, 9.17) is 24.4 Å². The van der Waals surface area contributed by atoms with Crippen molar-refractivity contribution in [3.05, 3.63) is 175 Å². The highest BCUT2D eigenvalue weighted by molar-refractivity contribution is 6.09. The minimum atomic E-state index is -0.369. The van der Waals surface area contributed by atoms with Crippen molar-refractivity contribution >= 4 is 32.9 Å². The summed E-state index contributed by atoms with van der Waals surface area (Å²) in [6.07, 6.45) is 0. The second-order valence-corrected chi connectivity index (χ2v) is 14.7. The standard InChI is InChI=1S/C49H33N5O/c1-49(2)39-29-34(25-26-35(39)38-27-28-40-44(43(38)49)55-47(50-40)33-15-7-4-8-16-33)46-51-45(32-23-21-31(22-24-32)30-13-5-3-6-14-30)52-48(53-46)54-41-19-11-9-17-36(41)37-18-10-12-20-42(37)54/h3-29H,1-2H3. The number of oxazole rings is 1. The summed E-state index contributed by atoms with van der Waals surface area (Å²) in [5.74, 6) is 2.42. The molecule has 3 aromatic heterocycles. The molecule has 0 atom stereocenters. The summed E-state index contributed by atoms with van der Waals surface area (Å²) in [7, 11) is 0. The Balaban J connectivity index is 1.08. The normalized spacial score (nSPS) is 13.1. The Bertz CT molecular complexity index is 3050. The molecule has 0 aliphatic heterocycles. The number of nitrogens with zero attached hydrogens (tertiary/aromatic N) is 5. The predicted octanol–water partition coefficient (Wildman–Crippen LogP) is 12.1. The highest BCUT2D eigenvalue weighted by atomic mass is 16.3. The van der Waals surface area contributed by atoms with Crippen molar-refractivity contribution in [1.82, 2.24) is 24.5 Å². The maximum atomic E-state index is 6.56. The summed E-state index contributed by atoms with van der Waals surface area (Å²) < 4.78 is 8.72. The van der Waals surface area contributed by atoms with E-state index in [0.29, 0.717) is 23.5 Å². The van der Waals surface area contributed by atoms with Crippen molar-refractivity contribution in [1.29, 1.82) is 0 Å². The van der Waals surface area contributed by atoms with Gasteiger partial charge < -0.3 is 4.42 Å². The first-order valence-electron chi connectivity index (χ1n) is 18.6. The van der Waals surface area contributed by atoms with Crippen LogP contribution in [-0.2, 0) is 5.41 Å². The lowest BCUT2D eigenvalue weighted by Gasteiger charge is -2.22. The molecule has 6 heteroatoms. The molecule has 0 saturated carbocycles. The second kappa shape index (κ2) is 11.9. The van der Waals surface area contributed by atoms with Gasteiger partial charge in [-0.2, -0.15) is 9.97 Å². The molecule has 0 spiro atoms. The Morgan fingerprint density at radius 1 is 0.473 bits per heavy atom. The van der Waals surface area contributed by atoms with Crippen molar-refractivity contribution in [2.24, 2.45) is 0 Å². The topological polar surface area (TPSA) is 69.6 Å². The monoisotopic (exact) mass is 707 g/mol. The van der Waals surface area contributed by atoms with Crippen molar-refractivity contribution < 1.29 is 4.42 Å².